The van der Waals surface area contributed by atoms with Crippen LogP contribution in [-0.2, 0) is 11.3 Å². The number of aromatic amines is 1. The summed E-state index contributed by atoms with van der Waals surface area (Å²) in [7, 11) is -1.44. The van der Waals surface area contributed by atoms with Gasteiger partial charge in [-0.2, -0.15) is 0 Å². The molecule has 1 atom stereocenters. The molecule has 5 nitrogen and oxygen atoms in total. The molecule has 1 aliphatic heterocycles. The lowest BCUT2D eigenvalue weighted by Gasteiger charge is -2.27. The van der Waals surface area contributed by atoms with Gasteiger partial charge < -0.3 is 15.0 Å². The predicted octanol–water partition coefficient (Wildman–Crippen LogP) is 2.49. The number of carbonyl (C=O) groups excluding carboxylic acids is 2. The predicted molar refractivity (Wildman–Crippen MR) is 87.8 cm³/mol. The number of alkyl halides is 1. The molecule has 0 radical (unpaired) electrons. The third kappa shape index (κ3) is 3.64. The topological polar surface area (TPSA) is 71.2 Å². The van der Waals surface area contributed by atoms with E-state index in [1.807, 2.05) is 0 Å². The minimum absolute atomic E-state index is 0.00778. The molecule has 2 rings (SSSR count). The maximum Gasteiger partial charge on any atom is 0.268 e. The number of fused-ring (bicyclic) bond motifs is 1. The standard InChI is InChI=1S/C14H21BrN2O3Si/c1-21(2,3)11(6-15)20-8-9-7-17-13-12(9)10(18)4-5-16-14(13)19/h7,11,17H,4-6,8H2,1-3H3,(H,16,19). The lowest BCUT2D eigenvalue weighted by atomic mass is 10.1. The summed E-state index contributed by atoms with van der Waals surface area (Å²) < 4.78 is 6.00. The van der Waals surface area contributed by atoms with Crippen molar-refractivity contribution in [2.24, 2.45) is 0 Å². The lowest BCUT2D eigenvalue weighted by molar-refractivity contribution is 0.0940. The SMILES string of the molecule is C[Si](C)(C)C(CBr)OCc1c[nH]c2c1C(=O)CCNC2=O. The van der Waals surface area contributed by atoms with Crippen molar-refractivity contribution in [1.29, 1.82) is 0 Å². The number of carbonyl (C=O) groups is 2. The van der Waals surface area contributed by atoms with Crippen LogP contribution in [0.4, 0.5) is 0 Å². The molecule has 1 aliphatic rings. The van der Waals surface area contributed by atoms with Gasteiger partial charge in [-0.15, -0.1) is 0 Å². The van der Waals surface area contributed by atoms with E-state index in [4.69, 9.17) is 4.74 Å². The van der Waals surface area contributed by atoms with E-state index in [2.05, 4.69) is 45.9 Å². The number of amides is 1. The fraction of sp³-hybridized carbons (Fsp3) is 0.571. The first-order valence-electron chi connectivity index (χ1n) is 7.03. The first kappa shape index (κ1) is 16.4. The average molecular weight is 373 g/mol. The van der Waals surface area contributed by atoms with Crippen molar-refractivity contribution in [1.82, 2.24) is 10.3 Å². The quantitative estimate of drug-likeness (QED) is 0.615. The summed E-state index contributed by atoms with van der Waals surface area (Å²) in [5.74, 6) is -0.226. The van der Waals surface area contributed by atoms with Crippen molar-refractivity contribution in [3.8, 4) is 0 Å². The summed E-state index contributed by atoms with van der Waals surface area (Å²) in [4.78, 5) is 27.0. The molecule has 1 unspecified atom stereocenters. The molecule has 7 heteroatoms. The van der Waals surface area contributed by atoms with Crippen molar-refractivity contribution in [2.45, 2.75) is 38.4 Å². The minimum Gasteiger partial charge on any atom is -0.376 e. The van der Waals surface area contributed by atoms with Crippen molar-refractivity contribution < 1.29 is 14.3 Å². The number of H-pyrrole nitrogens is 1. The molecule has 0 fully saturated rings. The van der Waals surface area contributed by atoms with Crippen molar-refractivity contribution in [3.63, 3.8) is 0 Å². The van der Waals surface area contributed by atoms with Gasteiger partial charge in [-0.25, -0.2) is 0 Å². The van der Waals surface area contributed by atoms with Crippen LogP contribution in [-0.4, -0.2) is 42.4 Å². The Morgan fingerprint density at radius 1 is 1.38 bits per heavy atom. The fourth-order valence-electron chi connectivity index (χ4n) is 2.29. The summed E-state index contributed by atoms with van der Waals surface area (Å²) in [6, 6.07) is 0. The van der Waals surface area contributed by atoms with E-state index in [1.54, 1.807) is 6.20 Å². The molecule has 116 valence electrons. The van der Waals surface area contributed by atoms with Crippen LogP contribution in [0.5, 0.6) is 0 Å². The first-order valence-corrected chi connectivity index (χ1v) is 11.7. The highest BCUT2D eigenvalue weighted by Gasteiger charge is 2.29. The molecule has 0 bridgehead atoms. The van der Waals surface area contributed by atoms with Gasteiger partial charge in [0.25, 0.3) is 5.91 Å². The summed E-state index contributed by atoms with van der Waals surface area (Å²) in [5.41, 5.74) is 1.79. The van der Waals surface area contributed by atoms with E-state index >= 15 is 0 Å². The van der Waals surface area contributed by atoms with Crippen LogP contribution in [0.1, 0.15) is 32.8 Å². The molecule has 1 amide bonds. The Bertz CT molecular complexity index is 551. The number of ketones is 1. The van der Waals surface area contributed by atoms with E-state index in [1.165, 1.54) is 0 Å². The highest BCUT2D eigenvalue weighted by molar-refractivity contribution is 9.09. The van der Waals surface area contributed by atoms with Gasteiger partial charge in [-0.3, -0.25) is 9.59 Å². The van der Waals surface area contributed by atoms with Crippen LogP contribution >= 0.6 is 15.9 Å². The zero-order valence-corrected chi connectivity index (χ0v) is 15.2. The van der Waals surface area contributed by atoms with Gasteiger partial charge in [-0.1, -0.05) is 35.6 Å². The first-order chi connectivity index (χ1) is 9.84. The van der Waals surface area contributed by atoms with E-state index in [0.717, 1.165) is 10.9 Å². The Labute approximate surface area is 134 Å². The maximum absolute atomic E-state index is 12.2. The number of nitrogens with one attached hydrogen (secondary N) is 2. The second-order valence-corrected chi connectivity index (χ2v) is 12.3. The number of rotatable bonds is 5. The molecule has 21 heavy (non-hydrogen) atoms. The van der Waals surface area contributed by atoms with Gasteiger partial charge in [-0.05, 0) is 0 Å². The second-order valence-electron chi connectivity index (χ2n) is 6.31. The zero-order chi connectivity index (χ0) is 15.6. The highest BCUT2D eigenvalue weighted by atomic mass is 79.9. The van der Waals surface area contributed by atoms with Crippen LogP contribution < -0.4 is 5.32 Å². The molecule has 2 heterocycles. The highest BCUT2D eigenvalue weighted by Crippen LogP contribution is 2.22. The monoisotopic (exact) mass is 372 g/mol. The molecule has 1 aromatic rings. The van der Waals surface area contributed by atoms with Gasteiger partial charge in [0.15, 0.2) is 5.78 Å². The molecular weight excluding hydrogens is 352 g/mol. The van der Waals surface area contributed by atoms with Gasteiger partial charge in [0.05, 0.1) is 26.0 Å². The zero-order valence-electron chi connectivity index (χ0n) is 12.6. The molecular formula is C14H21BrN2O3Si. The summed E-state index contributed by atoms with van der Waals surface area (Å²) in [6.45, 7) is 7.48. The third-order valence-corrected chi connectivity index (χ3v) is 7.14. The number of ether oxygens (including phenoxy) is 1. The Morgan fingerprint density at radius 2 is 2.10 bits per heavy atom. The smallest absolute Gasteiger partial charge is 0.268 e. The van der Waals surface area contributed by atoms with E-state index in [-0.39, 0.29) is 17.4 Å². The summed E-state index contributed by atoms with van der Waals surface area (Å²) >= 11 is 3.50. The lowest BCUT2D eigenvalue weighted by Crippen LogP contribution is -2.41. The summed E-state index contributed by atoms with van der Waals surface area (Å²) in [5, 5.41) is 3.49. The number of Topliss-reactive ketones (excluding diaryl/α,β-unsaturated/α-hetero) is 1. The van der Waals surface area contributed by atoms with Crippen LogP contribution in [0, 0.1) is 0 Å². The second kappa shape index (κ2) is 6.45. The van der Waals surface area contributed by atoms with Crippen molar-refractivity contribution in [3.05, 3.63) is 23.0 Å². The van der Waals surface area contributed by atoms with Gasteiger partial charge in [0.2, 0.25) is 0 Å². The van der Waals surface area contributed by atoms with E-state index in [9.17, 15) is 9.59 Å². The van der Waals surface area contributed by atoms with E-state index in [0.29, 0.717) is 30.8 Å². The van der Waals surface area contributed by atoms with Crippen molar-refractivity contribution in [2.75, 3.05) is 11.9 Å². The molecule has 0 aromatic carbocycles. The molecule has 0 saturated heterocycles. The van der Waals surface area contributed by atoms with E-state index < -0.39 is 8.07 Å². The molecule has 2 N–H and O–H groups in total. The van der Waals surface area contributed by atoms with Gasteiger partial charge >= 0.3 is 0 Å². The van der Waals surface area contributed by atoms with Crippen LogP contribution in [0.3, 0.4) is 0 Å². The van der Waals surface area contributed by atoms with Crippen LogP contribution in [0.25, 0.3) is 0 Å². The molecule has 0 saturated carbocycles. The van der Waals surface area contributed by atoms with Gasteiger partial charge in [0.1, 0.15) is 5.69 Å². The van der Waals surface area contributed by atoms with Crippen LogP contribution in [0.2, 0.25) is 19.6 Å². The Balaban J connectivity index is 2.19. The number of aromatic nitrogens is 1. The van der Waals surface area contributed by atoms with Gasteiger partial charge in [0, 0.05) is 30.1 Å². The minimum atomic E-state index is -1.44. The van der Waals surface area contributed by atoms with Crippen LogP contribution in [0.15, 0.2) is 6.20 Å². The maximum atomic E-state index is 12.2. The normalized spacial score (nSPS) is 17.1. The molecule has 0 aliphatic carbocycles. The Kier molecular flexibility index (Phi) is 5.06. The third-order valence-electron chi connectivity index (χ3n) is 3.65. The Hall–Kier alpha value is -0.923. The van der Waals surface area contributed by atoms with Crippen molar-refractivity contribution >= 4 is 35.7 Å². The Morgan fingerprint density at radius 3 is 2.71 bits per heavy atom. The largest absolute Gasteiger partial charge is 0.376 e. The summed E-state index contributed by atoms with van der Waals surface area (Å²) in [6.07, 6.45) is 2.04. The average Bonchev–Trinajstić information content (AvgIpc) is 2.75. The fourth-order valence-corrected chi connectivity index (χ4v) is 6.44. The number of halogens is 1. The number of hydrogen-bond acceptors (Lipinski definition) is 3. The molecule has 1 aromatic heterocycles. The molecule has 0 spiro atoms. The number of hydrogen-bond donors (Lipinski definition) is 2.